The van der Waals surface area contributed by atoms with Crippen LogP contribution in [0, 0.1) is 0 Å². The number of pyridine rings is 1. The summed E-state index contributed by atoms with van der Waals surface area (Å²) in [5.41, 5.74) is 1.05. The molecule has 1 unspecified atom stereocenters. The highest BCUT2D eigenvalue weighted by Crippen LogP contribution is 2.17. The van der Waals surface area contributed by atoms with E-state index in [9.17, 15) is 9.59 Å². The summed E-state index contributed by atoms with van der Waals surface area (Å²) in [4.78, 5) is 30.9. The molecule has 2 heterocycles. The molecule has 0 aliphatic rings. The molecule has 1 atom stereocenters. The molecule has 0 radical (unpaired) electrons. The van der Waals surface area contributed by atoms with E-state index < -0.39 is 5.97 Å². The van der Waals surface area contributed by atoms with Crippen LogP contribution in [-0.2, 0) is 6.42 Å². The Labute approximate surface area is 125 Å². The van der Waals surface area contributed by atoms with Crippen molar-refractivity contribution in [1.82, 2.24) is 15.3 Å². The first-order valence-corrected chi connectivity index (χ1v) is 7.33. The van der Waals surface area contributed by atoms with E-state index in [-0.39, 0.29) is 17.6 Å². The monoisotopic (exact) mass is 305 g/mol. The van der Waals surface area contributed by atoms with Gasteiger partial charge in [0.2, 0.25) is 0 Å². The number of nitrogens with one attached hydrogen (secondary N) is 1. The number of aromatic nitrogens is 2. The number of carboxylic acid groups (broad SMARTS) is 1. The van der Waals surface area contributed by atoms with Crippen molar-refractivity contribution in [3.05, 3.63) is 45.7 Å². The predicted molar refractivity (Wildman–Crippen MR) is 78.6 cm³/mol. The molecule has 0 spiro atoms. The molecule has 2 N–H and O–H groups in total. The maximum absolute atomic E-state index is 12.1. The molecule has 21 heavy (non-hydrogen) atoms. The van der Waals surface area contributed by atoms with Gasteiger partial charge >= 0.3 is 5.97 Å². The average Bonchev–Trinajstić information content (AvgIpc) is 2.96. The lowest BCUT2D eigenvalue weighted by Gasteiger charge is -2.11. The number of hydrogen-bond donors (Lipinski definition) is 2. The van der Waals surface area contributed by atoms with Crippen molar-refractivity contribution in [3.8, 4) is 0 Å². The molecule has 2 aromatic rings. The second-order valence-corrected chi connectivity index (χ2v) is 5.39. The third-order valence-corrected chi connectivity index (χ3v) is 3.92. The number of carbonyl (C=O) groups excluding carboxylic acids is 1. The van der Waals surface area contributed by atoms with E-state index in [2.05, 4.69) is 15.3 Å². The first-order chi connectivity index (χ1) is 10.0. The van der Waals surface area contributed by atoms with Gasteiger partial charge < -0.3 is 10.4 Å². The van der Waals surface area contributed by atoms with Crippen LogP contribution in [0.5, 0.6) is 0 Å². The molecule has 0 aliphatic carbocycles. The van der Waals surface area contributed by atoms with Gasteiger partial charge in [-0.1, -0.05) is 6.92 Å². The SMILES string of the molecule is CCc1nc(C(C)NC(=O)c2ccc(C(=O)O)nc2)cs1. The number of amides is 1. The Balaban J connectivity index is 2.04. The minimum atomic E-state index is -1.12. The fourth-order valence-corrected chi connectivity index (χ4v) is 2.53. The Morgan fingerprint density at radius 2 is 2.19 bits per heavy atom. The van der Waals surface area contributed by atoms with Gasteiger partial charge in [-0.25, -0.2) is 14.8 Å². The minimum absolute atomic E-state index is 0.0910. The van der Waals surface area contributed by atoms with Crippen LogP contribution >= 0.6 is 11.3 Å². The number of rotatable bonds is 5. The molecule has 0 aromatic carbocycles. The van der Waals surface area contributed by atoms with E-state index in [1.807, 2.05) is 19.2 Å². The lowest BCUT2D eigenvalue weighted by Crippen LogP contribution is -2.27. The molecule has 0 bridgehead atoms. The van der Waals surface area contributed by atoms with Crippen LogP contribution in [0.1, 0.15) is 51.4 Å². The van der Waals surface area contributed by atoms with Crippen LogP contribution < -0.4 is 5.32 Å². The predicted octanol–water partition coefficient (Wildman–Crippen LogP) is 2.29. The van der Waals surface area contributed by atoms with Crippen molar-refractivity contribution in [1.29, 1.82) is 0 Å². The third-order valence-electron chi connectivity index (χ3n) is 2.91. The number of carboxylic acids is 1. The zero-order chi connectivity index (χ0) is 15.4. The maximum atomic E-state index is 12.1. The highest BCUT2D eigenvalue weighted by Gasteiger charge is 2.15. The highest BCUT2D eigenvalue weighted by molar-refractivity contribution is 7.09. The summed E-state index contributed by atoms with van der Waals surface area (Å²) in [6, 6.07) is 2.53. The molecule has 0 aliphatic heterocycles. The summed E-state index contributed by atoms with van der Waals surface area (Å²) >= 11 is 1.57. The number of nitrogens with zero attached hydrogens (tertiary/aromatic N) is 2. The average molecular weight is 305 g/mol. The zero-order valence-corrected chi connectivity index (χ0v) is 12.5. The molecule has 2 rings (SSSR count). The number of aryl methyl sites for hydroxylation is 1. The fraction of sp³-hybridized carbons (Fsp3) is 0.286. The van der Waals surface area contributed by atoms with Crippen LogP contribution in [0.3, 0.4) is 0 Å². The molecule has 0 saturated carbocycles. The first kappa shape index (κ1) is 15.1. The van der Waals surface area contributed by atoms with Gasteiger partial charge in [0.15, 0.2) is 0 Å². The molecule has 2 aromatic heterocycles. The van der Waals surface area contributed by atoms with Crippen molar-refractivity contribution >= 4 is 23.2 Å². The van der Waals surface area contributed by atoms with Gasteiger partial charge in [-0.2, -0.15) is 0 Å². The van der Waals surface area contributed by atoms with E-state index in [1.54, 1.807) is 11.3 Å². The number of carbonyl (C=O) groups is 2. The smallest absolute Gasteiger partial charge is 0.354 e. The Kier molecular flexibility index (Phi) is 4.64. The van der Waals surface area contributed by atoms with Crippen molar-refractivity contribution in [2.24, 2.45) is 0 Å². The molecule has 110 valence electrons. The Morgan fingerprint density at radius 1 is 1.43 bits per heavy atom. The highest BCUT2D eigenvalue weighted by atomic mass is 32.1. The van der Waals surface area contributed by atoms with E-state index in [1.165, 1.54) is 18.3 Å². The van der Waals surface area contributed by atoms with Gasteiger partial charge in [-0.15, -0.1) is 11.3 Å². The van der Waals surface area contributed by atoms with Crippen LogP contribution in [0.25, 0.3) is 0 Å². The summed E-state index contributed by atoms with van der Waals surface area (Å²) in [6.07, 6.45) is 2.12. The largest absolute Gasteiger partial charge is 0.477 e. The van der Waals surface area contributed by atoms with Gasteiger partial charge in [0.1, 0.15) is 5.69 Å². The van der Waals surface area contributed by atoms with Crippen LogP contribution in [0.15, 0.2) is 23.7 Å². The lowest BCUT2D eigenvalue weighted by atomic mass is 10.2. The van der Waals surface area contributed by atoms with Gasteiger partial charge in [-0.3, -0.25) is 4.79 Å². The van der Waals surface area contributed by atoms with Gasteiger partial charge in [-0.05, 0) is 25.5 Å². The van der Waals surface area contributed by atoms with Crippen molar-refractivity contribution in [3.63, 3.8) is 0 Å². The molecular formula is C14H15N3O3S. The van der Waals surface area contributed by atoms with Crippen molar-refractivity contribution < 1.29 is 14.7 Å². The Morgan fingerprint density at radius 3 is 2.71 bits per heavy atom. The molecule has 0 saturated heterocycles. The minimum Gasteiger partial charge on any atom is -0.477 e. The summed E-state index contributed by atoms with van der Waals surface area (Å²) < 4.78 is 0. The van der Waals surface area contributed by atoms with E-state index in [0.29, 0.717) is 5.56 Å². The van der Waals surface area contributed by atoms with Crippen LogP contribution in [0.2, 0.25) is 0 Å². The molecule has 1 amide bonds. The van der Waals surface area contributed by atoms with E-state index in [0.717, 1.165) is 17.1 Å². The van der Waals surface area contributed by atoms with Gasteiger partial charge in [0, 0.05) is 11.6 Å². The molecular weight excluding hydrogens is 290 g/mol. The van der Waals surface area contributed by atoms with Crippen molar-refractivity contribution in [2.75, 3.05) is 0 Å². The quantitative estimate of drug-likeness (QED) is 0.884. The summed E-state index contributed by atoms with van der Waals surface area (Å²) in [7, 11) is 0. The lowest BCUT2D eigenvalue weighted by molar-refractivity contribution is 0.0689. The number of thiazole rings is 1. The standard InChI is InChI=1S/C14H15N3O3S/c1-3-12-17-11(7-21-12)8(2)16-13(18)9-4-5-10(14(19)20)15-6-9/h4-8H,3H2,1-2H3,(H,16,18)(H,19,20). The molecule has 7 heteroatoms. The number of hydrogen-bond acceptors (Lipinski definition) is 5. The summed E-state index contributed by atoms with van der Waals surface area (Å²) in [5.74, 6) is -1.43. The maximum Gasteiger partial charge on any atom is 0.354 e. The Bertz CT molecular complexity index is 652. The molecule has 0 fully saturated rings. The van der Waals surface area contributed by atoms with E-state index in [4.69, 9.17) is 5.11 Å². The number of aromatic carboxylic acids is 1. The third kappa shape index (κ3) is 3.63. The van der Waals surface area contributed by atoms with E-state index >= 15 is 0 Å². The second kappa shape index (κ2) is 6.45. The van der Waals surface area contributed by atoms with Crippen LogP contribution in [-0.4, -0.2) is 27.0 Å². The second-order valence-electron chi connectivity index (χ2n) is 4.45. The fourth-order valence-electron chi connectivity index (χ4n) is 1.69. The van der Waals surface area contributed by atoms with Gasteiger partial charge in [0.25, 0.3) is 5.91 Å². The first-order valence-electron chi connectivity index (χ1n) is 6.45. The van der Waals surface area contributed by atoms with Gasteiger partial charge in [0.05, 0.1) is 22.3 Å². The summed E-state index contributed by atoms with van der Waals surface area (Å²) in [5, 5.41) is 14.5. The molecule has 6 nitrogen and oxygen atoms in total. The summed E-state index contributed by atoms with van der Waals surface area (Å²) in [6.45, 7) is 3.88. The van der Waals surface area contributed by atoms with Crippen molar-refractivity contribution in [2.45, 2.75) is 26.3 Å². The normalized spacial score (nSPS) is 11.9. The topological polar surface area (TPSA) is 92.2 Å². The Hall–Kier alpha value is -2.28. The van der Waals surface area contributed by atoms with Crippen LogP contribution in [0.4, 0.5) is 0 Å². The zero-order valence-electron chi connectivity index (χ0n) is 11.7.